The van der Waals surface area contributed by atoms with E-state index in [0.29, 0.717) is 31.1 Å². The van der Waals surface area contributed by atoms with Crippen molar-refractivity contribution in [2.45, 2.75) is 32.4 Å². The molecular formula is C24H20BrCl3F3NS2. The monoisotopic (exact) mass is 627 g/mol. The van der Waals surface area contributed by atoms with Crippen LogP contribution in [0.25, 0.3) is 6.08 Å². The van der Waals surface area contributed by atoms with E-state index in [9.17, 15) is 13.2 Å². The van der Waals surface area contributed by atoms with Crippen molar-refractivity contribution in [2.75, 3.05) is 0 Å². The molecule has 0 fully saturated rings. The molecule has 0 aromatic heterocycles. The number of halogens is 7. The number of thiocarbonyl (C=S) groups is 2. The molecule has 2 atom stereocenters. The Kier molecular flexibility index (Phi) is 10.6. The topological polar surface area (TPSA) is 12.0 Å². The van der Waals surface area contributed by atoms with Gasteiger partial charge in [-0.25, -0.2) is 0 Å². The van der Waals surface area contributed by atoms with Gasteiger partial charge in [-0.05, 0) is 41.7 Å². The number of allylic oxidation sites excluding steroid dienone is 2. The Morgan fingerprint density at radius 3 is 2.24 bits per heavy atom. The average Bonchev–Trinajstić information content (AvgIpc) is 2.75. The zero-order valence-electron chi connectivity index (χ0n) is 18.1. The minimum absolute atomic E-state index is 0.00804. The van der Waals surface area contributed by atoms with Crippen LogP contribution >= 0.6 is 75.2 Å². The summed E-state index contributed by atoms with van der Waals surface area (Å²) < 4.78 is 41.9. The maximum atomic E-state index is 13.8. The summed E-state index contributed by atoms with van der Waals surface area (Å²) in [4.78, 5) is 1.10. The van der Waals surface area contributed by atoms with Gasteiger partial charge in [0.15, 0.2) is 0 Å². The van der Waals surface area contributed by atoms with Crippen LogP contribution in [-0.4, -0.2) is 16.0 Å². The highest BCUT2D eigenvalue weighted by atomic mass is 79.9. The number of nitrogens with one attached hydrogen (secondary N) is 1. The maximum Gasteiger partial charge on any atom is 0.399 e. The van der Waals surface area contributed by atoms with Crippen LogP contribution in [0.4, 0.5) is 13.2 Å². The Hall–Kier alpha value is -0.960. The van der Waals surface area contributed by atoms with E-state index in [2.05, 4.69) is 27.8 Å². The number of benzene rings is 2. The zero-order chi connectivity index (χ0) is 25.8. The van der Waals surface area contributed by atoms with Gasteiger partial charge in [-0.3, -0.25) is 0 Å². The molecule has 2 aromatic carbocycles. The van der Waals surface area contributed by atoms with E-state index in [1.165, 1.54) is 6.08 Å². The minimum Gasteiger partial charge on any atom is -0.346 e. The molecule has 1 nitrogen and oxygen atoms in total. The second kappa shape index (κ2) is 12.3. The molecule has 34 heavy (non-hydrogen) atoms. The van der Waals surface area contributed by atoms with Gasteiger partial charge in [0.2, 0.25) is 0 Å². The summed E-state index contributed by atoms with van der Waals surface area (Å²) in [5.41, 5.74) is 1.63. The third-order valence-electron chi connectivity index (χ3n) is 5.06. The normalized spacial score (nSPS) is 13.6. The van der Waals surface area contributed by atoms with E-state index in [1.807, 2.05) is 13.8 Å². The SMILES string of the molecule is C=C(NC(=S)c1ccc(C=CC(c2cc(Cl)c(Cl)c(Cl)c2)C(F)(F)F)cc1Br)C(=S)C(C)CC. The molecule has 0 aliphatic heterocycles. The van der Waals surface area contributed by atoms with Crippen molar-refractivity contribution in [2.24, 2.45) is 5.92 Å². The van der Waals surface area contributed by atoms with Crippen molar-refractivity contribution in [3.63, 3.8) is 0 Å². The first-order valence-electron chi connectivity index (χ1n) is 9.99. The van der Waals surface area contributed by atoms with Crippen molar-refractivity contribution >= 4 is 91.1 Å². The first-order chi connectivity index (χ1) is 15.8. The van der Waals surface area contributed by atoms with Crippen molar-refractivity contribution in [3.8, 4) is 0 Å². The standard InChI is InChI=1S/C24H20BrCl3F3NS2/c1-4-12(2)22(33)13(3)32-23(34)16-7-5-14(9-18(16)25)6-8-17(24(29,30)31)15-10-19(26)21(28)20(27)11-15/h5-12,17H,3-4H2,1-2H3,(H,32,34). The third kappa shape index (κ3) is 7.52. The Bertz CT molecular complexity index is 1130. The highest BCUT2D eigenvalue weighted by molar-refractivity contribution is 9.10. The van der Waals surface area contributed by atoms with E-state index < -0.39 is 12.1 Å². The van der Waals surface area contributed by atoms with Crippen LogP contribution in [0.2, 0.25) is 15.1 Å². The quantitative estimate of drug-likeness (QED) is 0.177. The summed E-state index contributed by atoms with van der Waals surface area (Å²) in [5, 5.41) is 2.96. The number of rotatable bonds is 8. The first-order valence-corrected chi connectivity index (χ1v) is 12.7. The lowest BCUT2D eigenvalue weighted by Crippen LogP contribution is -2.28. The van der Waals surface area contributed by atoms with Gasteiger partial charge < -0.3 is 5.32 Å². The number of alkyl halides is 3. The lowest BCUT2D eigenvalue weighted by atomic mass is 9.97. The van der Waals surface area contributed by atoms with Crippen LogP contribution in [0.5, 0.6) is 0 Å². The molecule has 0 radical (unpaired) electrons. The summed E-state index contributed by atoms with van der Waals surface area (Å²) in [6, 6.07) is 7.37. The van der Waals surface area contributed by atoms with Crippen LogP contribution in [0.15, 0.2) is 53.2 Å². The molecule has 0 aliphatic carbocycles. The van der Waals surface area contributed by atoms with Gasteiger partial charge in [-0.1, -0.05) is 120 Å². The predicted molar refractivity (Wildman–Crippen MR) is 149 cm³/mol. The fraction of sp³-hybridized carbons (Fsp3) is 0.250. The van der Waals surface area contributed by atoms with Gasteiger partial charge in [-0.2, -0.15) is 13.2 Å². The Morgan fingerprint density at radius 1 is 1.15 bits per heavy atom. The van der Waals surface area contributed by atoms with Crippen LogP contribution in [-0.2, 0) is 0 Å². The molecule has 2 unspecified atom stereocenters. The lowest BCUT2D eigenvalue weighted by Gasteiger charge is -2.18. The van der Waals surface area contributed by atoms with Gasteiger partial charge in [0.1, 0.15) is 4.99 Å². The Balaban J connectivity index is 2.27. The molecule has 0 saturated carbocycles. The fourth-order valence-electron chi connectivity index (χ4n) is 2.94. The summed E-state index contributed by atoms with van der Waals surface area (Å²) in [5.74, 6) is -1.74. The van der Waals surface area contributed by atoms with E-state index in [4.69, 9.17) is 59.2 Å². The summed E-state index contributed by atoms with van der Waals surface area (Å²) >= 11 is 32.1. The molecule has 0 spiro atoms. The van der Waals surface area contributed by atoms with E-state index in [-0.39, 0.29) is 26.5 Å². The van der Waals surface area contributed by atoms with E-state index >= 15 is 0 Å². The second-order valence-electron chi connectivity index (χ2n) is 7.52. The van der Waals surface area contributed by atoms with Gasteiger partial charge in [-0.15, -0.1) is 0 Å². The highest BCUT2D eigenvalue weighted by Gasteiger charge is 2.39. The van der Waals surface area contributed by atoms with E-state index in [0.717, 1.165) is 24.6 Å². The van der Waals surface area contributed by atoms with Gasteiger partial charge in [0.05, 0.1) is 21.0 Å². The molecule has 182 valence electrons. The Labute approximate surface area is 231 Å². The fourth-order valence-corrected chi connectivity index (χ4v) is 4.80. The molecule has 1 N–H and O–H groups in total. The van der Waals surface area contributed by atoms with Crippen molar-refractivity contribution < 1.29 is 13.2 Å². The molecular weight excluding hydrogens is 610 g/mol. The van der Waals surface area contributed by atoms with Gasteiger partial charge in [0.25, 0.3) is 0 Å². The molecule has 0 bridgehead atoms. The Morgan fingerprint density at radius 2 is 1.74 bits per heavy atom. The molecule has 2 rings (SSSR count). The van der Waals surface area contributed by atoms with Crippen molar-refractivity contribution in [1.29, 1.82) is 0 Å². The molecule has 0 saturated heterocycles. The minimum atomic E-state index is -4.56. The van der Waals surface area contributed by atoms with Crippen LogP contribution < -0.4 is 5.32 Å². The summed E-state index contributed by atoms with van der Waals surface area (Å²) in [6.45, 7) is 8.00. The van der Waals surface area contributed by atoms with Crippen molar-refractivity contribution in [1.82, 2.24) is 5.32 Å². The van der Waals surface area contributed by atoms with Crippen LogP contribution in [0.3, 0.4) is 0 Å². The maximum absolute atomic E-state index is 13.8. The molecule has 0 amide bonds. The smallest absolute Gasteiger partial charge is 0.346 e. The largest absolute Gasteiger partial charge is 0.399 e. The van der Waals surface area contributed by atoms with Gasteiger partial charge in [0, 0.05) is 20.6 Å². The molecule has 0 heterocycles. The average molecular weight is 630 g/mol. The lowest BCUT2D eigenvalue weighted by molar-refractivity contribution is -0.139. The van der Waals surface area contributed by atoms with Crippen molar-refractivity contribution in [3.05, 3.63) is 84.9 Å². The third-order valence-corrected chi connectivity index (χ3v) is 7.88. The molecule has 2 aromatic rings. The highest BCUT2D eigenvalue weighted by Crippen LogP contribution is 2.41. The summed E-state index contributed by atoms with van der Waals surface area (Å²) in [7, 11) is 0. The molecule has 10 heteroatoms. The first kappa shape index (κ1) is 29.3. The van der Waals surface area contributed by atoms with Gasteiger partial charge >= 0.3 is 6.18 Å². The zero-order valence-corrected chi connectivity index (χ0v) is 23.6. The number of hydrogen-bond donors (Lipinski definition) is 1. The summed E-state index contributed by atoms with van der Waals surface area (Å²) in [6.07, 6.45) is -1.27. The van der Waals surface area contributed by atoms with E-state index in [1.54, 1.807) is 18.2 Å². The molecule has 0 aliphatic rings. The van der Waals surface area contributed by atoms with Crippen LogP contribution in [0, 0.1) is 5.92 Å². The predicted octanol–water partition coefficient (Wildman–Crippen LogP) is 9.96. The second-order valence-corrected chi connectivity index (χ2v) is 10.4. The van der Waals surface area contributed by atoms with Crippen LogP contribution in [0.1, 0.15) is 42.9 Å². The number of hydrogen-bond acceptors (Lipinski definition) is 2.